The van der Waals surface area contributed by atoms with Crippen LogP contribution in [0.2, 0.25) is 0 Å². The number of aliphatic hydroxyl groups excluding tert-OH is 2. The van der Waals surface area contributed by atoms with Crippen LogP contribution in [0.25, 0.3) is 0 Å². The van der Waals surface area contributed by atoms with E-state index in [0.717, 1.165) is 22.4 Å². The Labute approximate surface area is 634 Å². The summed E-state index contributed by atoms with van der Waals surface area (Å²) in [4.78, 5) is 168. The number of unbranched alkanes of at least 4 members (excludes halogenated alkanes) is 2. The lowest BCUT2D eigenvalue weighted by Gasteiger charge is -2.41. The summed E-state index contributed by atoms with van der Waals surface area (Å²) in [6.07, 6.45) is -1.30. The number of rotatable bonds is 49. The summed E-state index contributed by atoms with van der Waals surface area (Å²) in [5.74, 6) is -8.74. The zero-order valence-corrected chi connectivity index (χ0v) is 66.1. The van der Waals surface area contributed by atoms with Crippen molar-refractivity contribution in [1.82, 2.24) is 30.7 Å². The molecule has 0 aliphatic carbocycles. The number of likely N-dealkylation sites (tertiary alicyclic amines) is 1. The van der Waals surface area contributed by atoms with Crippen LogP contribution in [0.4, 0.5) is 4.79 Å². The van der Waals surface area contributed by atoms with Gasteiger partial charge in [-0.15, -0.1) is 0 Å². The fourth-order valence-electron chi connectivity index (χ4n) is 15.9. The Balaban J connectivity index is 1.20. The molecule has 25 nitrogen and oxygen atoms in total. The molecule has 0 bridgehead atoms. The van der Waals surface area contributed by atoms with Crippen LogP contribution in [0, 0.1) is 65.1 Å². The monoisotopic (exact) mass is 1500 g/mol. The van der Waals surface area contributed by atoms with Gasteiger partial charge in [0, 0.05) is 134 Å². The van der Waals surface area contributed by atoms with Gasteiger partial charge in [0.2, 0.25) is 17.7 Å². The molecule has 0 saturated carbocycles. The first-order chi connectivity index (χ1) is 50.7. The normalized spacial score (nSPS) is 21.3. The third-order valence-corrected chi connectivity index (χ3v) is 22.3. The second kappa shape index (κ2) is 44.4. The number of nitrogens with one attached hydrogen (secondary N) is 3. The summed E-state index contributed by atoms with van der Waals surface area (Å²) in [6.45, 7) is 20.3. The summed E-state index contributed by atoms with van der Waals surface area (Å²) in [7, 11) is 8.16. The number of Topliss-reactive ketones (excluding diaryl/α,β-unsaturated/α-hetero) is 6. The number of amides is 7. The first-order valence-corrected chi connectivity index (χ1v) is 38.7. The maximum absolute atomic E-state index is 14.7. The van der Waals surface area contributed by atoms with Crippen molar-refractivity contribution in [3.05, 3.63) is 83.4 Å². The van der Waals surface area contributed by atoms with E-state index in [1.54, 1.807) is 44.9 Å². The minimum absolute atomic E-state index is 0.000761. The van der Waals surface area contributed by atoms with Gasteiger partial charge in [0.1, 0.15) is 29.6 Å². The quantitative estimate of drug-likeness (QED) is 0.0279. The molecule has 25 heteroatoms. The number of primary amides is 1. The zero-order valence-electron chi connectivity index (χ0n) is 66.1. The summed E-state index contributed by atoms with van der Waals surface area (Å²) < 4.78 is 23.7. The molecule has 2 aromatic carbocycles. The summed E-state index contributed by atoms with van der Waals surface area (Å²) in [6, 6.07) is 14.1. The van der Waals surface area contributed by atoms with Gasteiger partial charge >= 0.3 is 6.03 Å². The smallest absolute Gasteiger partial charge is 0.312 e. The number of hydrogen-bond acceptors (Lipinski definition) is 19. The van der Waals surface area contributed by atoms with Crippen molar-refractivity contribution in [3.8, 4) is 0 Å². The number of methoxy groups -OCH3 is 3. The number of hydrogen-bond donors (Lipinski definition) is 6. The number of benzene rings is 2. The minimum atomic E-state index is -1.78. The number of aliphatic hydroxyl groups is 2. The van der Waals surface area contributed by atoms with Gasteiger partial charge in [0.05, 0.1) is 42.9 Å². The highest BCUT2D eigenvalue weighted by atomic mass is 16.7. The summed E-state index contributed by atoms with van der Waals surface area (Å²) in [5.41, 5.74) is 7.64. The Bertz CT molecular complexity index is 3280. The van der Waals surface area contributed by atoms with Crippen molar-refractivity contribution < 1.29 is 86.7 Å². The third kappa shape index (κ3) is 26.5. The van der Waals surface area contributed by atoms with Crippen molar-refractivity contribution in [2.75, 3.05) is 61.6 Å². The molecule has 7 amide bonds. The van der Waals surface area contributed by atoms with Gasteiger partial charge < -0.3 is 55.7 Å². The van der Waals surface area contributed by atoms with E-state index >= 15 is 0 Å². The van der Waals surface area contributed by atoms with Gasteiger partial charge in [-0.3, -0.25) is 62.5 Å². The van der Waals surface area contributed by atoms with Crippen molar-refractivity contribution in [2.45, 2.75) is 233 Å². The number of nitrogens with two attached hydrogens (primary N) is 1. The molecule has 0 spiro atoms. The van der Waals surface area contributed by atoms with Crippen LogP contribution in [0.15, 0.2) is 66.7 Å². The largest absolute Gasteiger partial charge is 0.390 e. The number of ether oxygens (including phenoxy) is 4. The lowest BCUT2D eigenvalue weighted by Crippen LogP contribution is -2.58. The average molecular weight is 1500 g/mol. The van der Waals surface area contributed by atoms with E-state index in [9.17, 15) is 67.7 Å². The Morgan fingerprint density at radius 3 is 1.91 bits per heavy atom. The molecule has 3 aliphatic heterocycles. The average Bonchev–Trinajstić information content (AvgIpc) is 1.54. The Hall–Kier alpha value is -7.26. The number of urea groups is 1. The molecule has 17 atom stereocenters. The van der Waals surface area contributed by atoms with Gasteiger partial charge in [-0.2, -0.15) is 0 Å². The molecule has 107 heavy (non-hydrogen) atoms. The number of ketones is 6. The van der Waals surface area contributed by atoms with Crippen LogP contribution >= 0.6 is 0 Å². The summed E-state index contributed by atoms with van der Waals surface area (Å²) in [5, 5.41) is 31.0. The molecule has 596 valence electrons. The van der Waals surface area contributed by atoms with E-state index in [0.29, 0.717) is 50.6 Å². The molecular weight excluding hydrogens is 1370 g/mol. The Kier molecular flexibility index (Phi) is 37.5. The zero-order chi connectivity index (χ0) is 79.5. The highest BCUT2D eigenvalue weighted by Gasteiger charge is 2.50. The predicted octanol–water partition coefficient (Wildman–Crippen LogP) is 7.33. The van der Waals surface area contributed by atoms with Crippen LogP contribution in [-0.2, 0) is 90.9 Å². The van der Waals surface area contributed by atoms with E-state index in [1.165, 1.54) is 26.4 Å². The van der Waals surface area contributed by atoms with E-state index in [4.69, 9.17) is 24.7 Å². The van der Waals surface area contributed by atoms with E-state index in [1.807, 2.05) is 96.1 Å². The van der Waals surface area contributed by atoms with Crippen LogP contribution < -0.4 is 21.7 Å². The van der Waals surface area contributed by atoms with Crippen LogP contribution in [-0.4, -0.2) is 212 Å². The highest BCUT2D eigenvalue weighted by Crippen LogP contribution is 2.38. The molecule has 3 heterocycles. The lowest BCUT2D eigenvalue weighted by atomic mass is 9.70. The molecule has 0 radical (unpaired) electrons. The molecule has 0 aromatic heterocycles. The fraction of sp³-hybridized carbons (Fsp3) is 0.683. The molecule has 3 aliphatic rings. The first kappa shape index (κ1) is 90.4. The number of nitrogens with zero attached hydrogens (tertiary/aromatic N) is 3. The van der Waals surface area contributed by atoms with Crippen molar-refractivity contribution >= 4 is 70.3 Å². The van der Waals surface area contributed by atoms with Crippen LogP contribution in [0.3, 0.4) is 0 Å². The second-order valence-electron chi connectivity index (χ2n) is 31.2. The number of likely N-dealkylation sites (N-methyl/N-ethyl adjacent to an activating group) is 1. The van der Waals surface area contributed by atoms with E-state index in [2.05, 4.69) is 29.8 Å². The van der Waals surface area contributed by atoms with Crippen LogP contribution in [0.1, 0.15) is 176 Å². The molecular formula is C82H125N7O18. The summed E-state index contributed by atoms with van der Waals surface area (Å²) >= 11 is 0. The Morgan fingerprint density at radius 1 is 0.682 bits per heavy atom. The van der Waals surface area contributed by atoms with E-state index in [-0.39, 0.29) is 160 Å². The molecule has 2 aromatic rings. The fourth-order valence-corrected chi connectivity index (χ4v) is 15.9. The van der Waals surface area contributed by atoms with Gasteiger partial charge in [-0.05, 0) is 112 Å². The second-order valence-corrected chi connectivity index (χ2v) is 31.2. The van der Waals surface area contributed by atoms with Gasteiger partial charge in [0.25, 0.3) is 11.8 Å². The number of carbonyl (C=O) groups is 12. The van der Waals surface area contributed by atoms with Crippen molar-refractivity contribution in [2.24, 2.45) is 70.8 Å². The third-order valence-electron chi connectivity index (χ3n) is 22.3. The highest BCUT2D eigenvalue weighted by molar-refractivity contribution is 6.12. The standard InChI is InChI=1S/C82H125N7O18/c1-16-51(8)72(53(10)74(98)59(48(2)3)45-66(93)73(50(6)7)87(11)12)68(104-13)47-71(97)88-40-24-29-63(88)77(105-14)52(9)64(91)43-57(41-55-25-19-17-20-26-55)79(101)84-38-36-54-30-32-56(33-31-54)42-65(92)62(28-23-37-85-82(83)103)86-80(102)60(49(4)5)46-67(94)78-76(100)75(99)61(81(106-15)107-78)44-58(90)27-21-18-22-39-89-69(95)34-35-70(89)96/h17,19-20,25-26,30-35,48-53,57,59-63,68,72-73,75-78,81,99-100H,16,18,21-24,27-29,36-47H2,1-15H3,(H,84,101)(H,86,102)(H3,83,85,103)/t51?,52?,53?,57-,59+,60-,61?,62?,63?,68?,72?,73?,75-,76?,77?,78-,81?/m1/s1. The molecule has 12 unspecified atom stereocenters. The number of carbonyl (C=O) groups excluding carboxylic acids is 12. The van der Waals surface area contributed by atoms with Crippen molar-refractivity contribution in [1.29, 1.82) is 0 Å². The maximum atomic E-state index is 14.7. The predicted molar refractivity (Wildman–Crippen MR) is 404 cm³/mol. The first-order valence-electron chi connectivity index (χ1n) is 38.7. The van der Waals surface area contributed by atoms with Gasteiger partial charge in [0.15, 0.2) is 23.6 Å². The lowest BCUT2D eigenvalue weighted by molar-refractivity contribution is -0.267. The van der Waals surface area contributed by atoms with Crippen LogP contribution in [0.5, 0.6) is 0 Å². The van der Waals surface area contributed by atoms with Crippen molar-refractivity contribution in [3.63, 3.8) is 0 Å². The molecule has 5 rings (SSSR count). The Morgan fingerprint density at radius 2 is 1.33 bits per heavy atom. The minimum Gasteiger partial charge on any atom is -0.390 e. The topological polar surface area (TPSA) is 354 Å². The van der Waals surface area contributed by atoms with E-state index < -0.39 is 114 Å². The van der Waals surface area contributed by atoms with Gasteiger partial charge in [-0.1, -0.05) is 137 Å². The molecule has 7 N–H and O–H groups in total. The van der Waals surface area contributed by atoms with Gasteiger partial charge in [-0.25, -0.2) is 4.79 Å². The number of imide groups is 1. The SMILES string of the molecule is CCC(C)C(C(CC(=O)N1CCCC1C(OC)C(C)C(=O)C[C@@H](Cc1ccccc1)C(=O)NCCc1ccc(CC(=O)C(CCCNC(N)=O)NC(=O)[C@H](CC(=O)[C@H]2OC(OC)C(CC(=O)CCCCCN3C(=O)C=CC3=O)[C@@H](O)C2O)C(C)C)cc1)OC)C(C)C(=O)[C@@H](CC(=O)C(C(C)C)N(C)C)C(C)C. The molecule has 2 fully saturated rings. The molecule has 2 saturated heterocycles. The maximum Gasteiger partial charge on any atom is 0.312 e.